The number of anilines is 1. The second kappa shape index (κ2) is 10.3. The van der Waals surface area contributed by atoms with Gasteiger partial charge in [-0.15, -0.1) is 0 Å². The molecule has 1 amide bonds. The number of Topliss-reactive ketones (excluding diaryl/α,β-unsaturated/α-hetero) is 1. The number of aliphatic hydroxyl groups excluding tert-OH is 1. The molecule has 0 aromatic heterocycles. The molecule has 0 aliphatic carbocycles. The zero-order valence-electron chi connectivity index (χ0n) is 21.2. The van der Waals surface area contributed by atoms with E-state index in [2.05, 4.69) is 13.8 Å². The van der Waals surface area contributed by atoms with Gasteiger partial charge in [0.1, 0.15) is 17.3 Å². The molecule has 0 spiro atoms. The van der Waals surface area contributed by atoms with Gasteiger partial charge < -0.3 is 14.6 Å². The number of carbonyl (C=O) groups is 2. The molecule has 1 atom stereocenters. The zero-order chi connectivity index (χ0) is 26.0. The zero-order valence-corrected chi connectivity index (χ0v) is 21.2. The van der Waals surface area contributed by atoms with Crippen LogP contribution in [0.25, 0.3) is 5.76 Å². The van der Waals surface area contributed by atoms with Crippen molar-refractivity contribution in [1.29, 1.82) is 0 Å². The van der Waals surface area contributed by atoms with Crippen LogP contribution >= 0.6 is 0 Å². The number of amides is 1. The van der Waals surface area contributed by atoms with Gasteiger partial charge >= 0.3 is 0 Å². The predicted octanol–water partition coefficient (Wildman–Crippen LogP) is 6.23. The number of rotatable bonds is 7. The predicted molar refractivity (Wildman–Crippen MR) is 141 cm³/mol. The van der Waals surface area contributed by atoms with Crippen LogP contribution in [0.5, 0.6) is 11.5 Å². The van der Waals surface area contributed by atoms with E-state index >= 15 is 0 Å². The highest BCUT2D eigenvalue weighted by Crippen LogP contribution is 2.43. The molecule has 36 heavy (non-hydrogen) atoms. The summed E-state index contributed by atoms with van der Waals surface area (Å²) in [6.45, 7) is 8.07. The fourth-order valence-electron chi connectivity index (χ4n) is 4.42. The van der Waals surface area contributed by atoms with Crippen LogP contribution in [0.2, 0.25) is 0 Å². The number of ketones is 1. The average Bonchev–Trinajstić information content (AvgIpc) is 3.14. The van der Waals surface area contributed by atoms with Crippen molar-refractivity contribution in [2.75, 3.05) is 12.0 Å². The van der Waals surface area contributed by atoms with Crippen molar-refractivity contribution in [3.63, 3.8) is 0 Å². The maximum absolute atomic E-state index is 13.4. The SMILES string of the molecule is COc1ccccc1/C(O)=C1/C(=O)C(=O)N(c2ccc(C(C)C)cc2)C1c1ccc(OC(C)C)cc1. The van der Waals surface area contributed by atoms with Gasteiger partial charge in [-0.2, -0.15) is 0 Å². The molecule has 1 fully saturated rings. The number of hydrogen-bond donors (Lipinski definition) is 1. The van der Waals surface area contributed by atoms with Gasteiger partial charge in [-0.1, -0.05) is 50.2 Å². The van der Waals surface area contributed by atoms with E-state index in [1.807, 2.05) is 50.2 Å². The Morgan fingerprint density at radius 1 is 0.889 bits per heavy atom. The fraction of sp³-hybridized carbons (Fsp3) is 0.267. The van der Waals surface area contributed by atoms with Crippen molar-refractivity contribution in [2.24, 2.45) is 0 Å². The summed E-state index contributed by atoms with van der Waals surface area (Å²) in [7, 11) is 1.49. The van der Waals surface area contributed by atoms with E-state index in [0.717, 1.165) is 5.56 Å². The molecule has 0 bridgehead atoms. The maximum Gasteiger partial charge on any atom is 0.300 e. The second-order valence-corrected chi connectivity index (χ2v) is 9.35. The van der Waals surface area contributed by atoms with Gasteiger partial charge in [-0.05, 0) is 67.3 Å². The summed E-state index contributed by atoms with van der Waals surface area (Å²) in [5.41, 5.74) is 2.73. The number of carbonyl (C=O) groups excluding carboxylic acids is 2. The summed E-state index contributed by atoms with van der Waals surface area (Å²) >= 11 is 0. The van der Waals surface area contributed by atoms with Crippen molar-refractivity contribution >= 4 is 23.1 Å². The molecular formula is C30H31NO5. The van der Waals surface area contributed by atoms with Crippen molar-refractivity contribution in [2.45, 2.75) is 45.8 Å². The summed E-state index contributed by atoms with van der Waals surface area (Å²) in [6, 6.07) is 20.9. The first-order valence-corrected chi connectivity index (χ1v) is 12.0. The van der Waals surface area contributed by atoms with Crippen molar-refractivity contribution in [3.8, 4) is 11.5 Å². The smallest absolute Gasteiger partial charge is 0.300 e. The lowest BCUT2D eigenvalue weighted by atomic mass is 9.94. The van der Waals surface area contributed by atoms with E-state index < -0.39 is 17.7 Å². The molecule has 1 aliphatic rings. The minimum absolute atomic E-state index is 0.00602. The standard InChI is InChI=1S/C30H31NO5/c1-18(2)20-10-14-22(15-11-20)31-27(21-12-16-23(17-13-21)36-19(3)4)26(29(33)30(31)34)28(32)24-8-6-7-9-25(24)35-5/h6-19,27,32H,1-5H3/b28-26-. The molecule has 1 saturated heterocycles. The Morgan fingerprint density at radius 3 is 2.11 bits per heavy atom. The Kier molecular flexibility index (Phi) is 7.15. The summed E-state index contributed by atoms with van der Waals surface area (Å²) in [5, 5.41) is 11.4. The Balaban J connectivity index is 1.90. The van der Waals surface area contributed by atoms with Crippen molar-refractivity contribution in [3.05, 3.63) is 95.1 Å². The van der Waals surface area contributed by atoms with Gasteiger partial charge in [0.15, 0.2) is 0 Å². The lowest BCUT2D eigenvalue weighted by molar-refractivity contribution is -0.132. The largest absolute Gasteiger partial charge is 0.507 e. The minimum atomic E-state index is -0.826. The van der Waals surface area contributed by atoms with Crippen molar-refractivity contribution in [1.82, 2.24) is 0 Å². The lowest BCUT2D eigenvalue weighted by Crippen LogP contribution is -2.29. The summed E-state index contributed by atoms with van der Waals surface area (Å²) in [4.78, 5) is 28.2. The average molecular weight is 486 g/mol. The molecule has 4 rings (SSSR count). The first-order valence-electron chi connectivity index (χ1n) is 12.0. The molecule has 1 unspecified atom stereocenters. The molecule has 3 aromatic carbocycles. The van der Waals surface area contributed by atoms with Gasteiger partial charge in [0, 0.05) is 5.69 Å². The molecule has 1 heterocycles. The topological polar surface area (TPSA) is 76.1 Å². The summed E-state index contributed by atoms with van der Waals surface area (Å²) in [5.74, 6) is -0.322. The van der Waals surface area contributed by atoms with Gasteiger partial charge in [0.2, 0.25) is 0 Å². The van der Waals surface area contributed by atoms with E-state index in [-0.39, 0.29) is 17.4 Å². The van der Waals surface area contributed by atoms with Gasteiger partial charge in [-0.25, -0.2) is 0 Å². The van der Waals surface area contributed by atoms with Crippen LogP contribution < -0.4 is 14.4 Å². The third-order valence-electron chi connectivity index (χ3n) is 6.21. The van der Waals surface area contributed by atoms with Gasteiger partial charge in [-0.3, -0.25) is 14.5 Å². The number of para-hydroxylation sites is 1. The third-order valence-corrected chi connectivity index (χ3v) is 6.21. The van der Waals surface area contributed by atoms with Crippen LogP contribution in [0.3, 0.4) is 0 Å². The fourth-order valence-corrected chi connectivity index (χ4v) is 4.42. The van der Waals surface area contributed by atoms with Crippen LogP contribution in [0, 0.1) is 0 Å². The van der Waals surface area contributed by atoms with Crippen molar-refractivity contribution < 1.29 is 24.2 Å². The second-order valence-electron chi connectivity index (χ2n) is 9.35. The molecule has 6 heteroatoms. The van der Waals surface area contributed by atoms with Gasteiger partial charge in [0.25, 0.3) is 11.7 Å². The minimum Gasteiger partial charge on any atom is -0.507 e. The van der Waals surface area contributed by atoms with E-state index in [1.54, 1.807) is 36.4 Å². The normalized spacial score (nSPS) is 17.2. The number of ether oxygens (including phenoxy) is 2. The highest BCUT2D eigenvalue weighted by molar-refractivity contribution is 6.51. The first kappa shape index (κ1) is 25.0. The molecule has 6 nitrogen and oxygen atoms in total. The van der Waals surface area contributed by atoms with E-state index in [9.17, 15) is 14.7 Å². The molecule has 0 radical (unpaired) electrons. The van der Waals surface area contributed by atoms with Crippen LogP contribution in [-0.4, -0.2) is 30.0 Å². The maximum atomic E-state index is 13.4. The first-order chi connectivity index (χ1) is 17.2. The molecular weight excluding hydrogens is 454 g/mol. The van der Waals surface area contributed by atoms with E-state index in [0.29, 0.717) is 34.2 Å². The Labute approximate surface area is 211 Å². The third kappa shape index (κ3) is 4.71. The highest BCUT2D eigenvalue weighted by Gasteiger charge is 2.47. The Morgan fingerprint density at radius 2 is 1.53 bits per heavy atom. The quantitative estimate of drug-likeness (QED) is 0.244. The Hall–Kier alpha value is -4.06. The van der Waals surface area contributed by atoms with Crippen LogP contribution in [0.1, 0.15) is 56.3 Å². The monoisotopic (exact) mass is 485 g/mol. The van der Waals surface area contributed by atoms with Crippen LogP contribution in [-0.2, 0) is 9.59 Å². The molecule has 3 aromatic rings. The van der Waals surface area contributed by atoms with Crippen LogP contribution in [0.4, 0.5) is 5.69 Å². The molecule has 1 aliphatic heterocycles. The number of methoxy groups -OCH3 is 1. The Bertz CT molecular complexity index is 1290. The molecule has 186 valence electrons. The lowest BCUT2D eigenvalue weighted by Gasteiger charge is -2.26. The number of benzene rings is 3. The number of hydrogen-bond acceptors (Lipinski definition) is 5. The summed E-state index contributed by atoms with van der Waals surface area (Å²) in [6.07, 6.45) is 0.00602. The highest BCUT2D eigenvalue weighted by atomic mass is 16.5. The number of nitrogens with zero attached hydrogens (tertiary/aromatic N) is 1. The molecule has 0 saturated carbocycles. The molecule has 1 N–H and O–H groups in total. The van der Waals surface area contributed by atoms with E-state index in [4.69, 9.17) is 9.47 Å². The van der Waals surface area contributed by atoms with Crippen LogP contribution in [0.15, 0.2) is 78.4 Å². The summed E-state index contributed by atoms with van der Waals surface area (Å²) < 4.78 is 11.2. The van der Waals surface area contributed by atoms with Gasteiger partial charge in [0.05, 0.1) is 30.4 Å². The van der Waals surface area contributed by atoms with E-state index in [1.165, 1.54) is 12.0 Å². The number of aliphatic hydroxyl groups is 1.